The van der Waals surface area contributed by atoms with Gasteiger partial charge in [0, 0.05) is 24.8 Å². The number of rotatable bonds is 6. The number of hydrogen-bond acceptors (Lipinski definition) is 3. The van der Waals surface area contributed by atoms with Crippen molar-refractivity contribution in [2.75, 3.05) is 0 Å². The van der Waals surface area contributed by atoms with Gasteiger partial charge in [0.2, 0.25) is 5.88 Å². The molecule has 102 valence electrons. The molecule has 0 spiro atoms. The molecule has 0 aromatic carbocycles. The van der Waals surface area contributed by atoms with Crippen LogP contribution in [0.3, 0.4) is 0 Å². The summed E-state index contributed by atoms with van der Waals surface area (Å²) >= 11 is 6.13. The number of hydrogen-bond donors (Lipinski definition) is 1. The zero-order valence-electron chi connectivity index (χ0n) is 11.9. The molecule has 0 unspecified atom stereocenters. The second kappa shape index (κ2) is 6.39. The molecule has 1 rings (SSSR count). The molecule has 0 amide bonds. The summed E-state index contributed by atoms with van der Waals surface area (Å²) in [5.41, 5.74) is 0.811. The maximum Gasteiger partial charge on any atom is 0.214 e. The standard InChI is InChI=1S/C14H23ClN2O/c1-6-14(4,5)18-13-7-11(8-16-10(2)3)12(15)9-17-13/h7,9-10,16H,6,8H2,1-5H3. The summed E-state index contributed by atoms with van der Waals surface area (Å²) < 4.78 is 5.86. The summed E-state index contributed by atoms with van der Waals surface area (Å²) in [4.78, 5) is 4.22. The average Bonchev–Trinajstić information content (AvgIpc) is 2.29. The van der Waals surface area contributed by atoms with Gasteiger partial charge in [0.15, 0.2) is 0 Å². The van der Waals surface area contributed by atoms with E-state index in [4.69, 9.17) is 16.3 Å². The van der Waals surface area contributed by atoms with Crippen molar-refractivity contribution in [3.05, 3.63) is 22.8 Å². The van der Waals surface area contributed by atoms with Gasteiger partial charge in [0.05, 0.1) is 5.02 Å². The Bertz CT molecular complexity index is 391. The zero-order chi connectivity index (χ0) is 13.8. The van der Waals surface area contributed by atoms with E-state index in [9.17, 15) is 0 Å². The summed E-state index contributed by atoms with van der Waals surface area (Å²) in [5, 5.41) is 4.01. The summed E-state index contributed by atoms with van der Waals surface area (Å²) in [6, 6.07) is 2.33. The van der Waals surface area contributed by atoms with E-state index < -0.39 is 0 Å². The molecule has 3 nitrogen and oxygen atoms in total. The van der Waals surface area contributed by atoms with Crippen molar-refractivity contribution in [1.82, 2.24) is 10.3 Å². The molecule has 1 aromatic heterocycles. The van der Waals surface area contributed by atoms with Gasteiger partial charge < -0.3 is 10.1 Å². The van der Waals surface area contributed by atoms with Crippen LogP contribution in [0.2, 0.25) is 5.02 Å². The van der Waals surface area contributed by atoms with Crippen LogP contribution in [0.25, 0.3) is 0 Å². The Morgan fingerprint density at radius 3 is 2.67 bits per heavy atom. The van der Waals surface area contributed by atoms with Crippen molar-refractivity contribution < 1.29 is 4.74 Å². The predicted octanol–water partition coefficient (Wildman–Crippen LogP) is 3.80. The second-order valence-electron chi connectivity index (χ2n) is 5.36. The fraction of sp³-hybridized carbons (Fsp3) is 0.643. The first-order valence-electron chi connectivity index (χ1n) is 6.41. The van der Waals surface area contributed by atoms with Crippen LogP contribution in [0.5, 0.6) is 5.88 Å². The van der Waals surface area contributed by atoms with Crippen molar-refractivity contribution in [3.8, 4) is 5.88 Å². The van der Waals surface area contributed by atoms with Gasteiger partial charge in [0.25, 0.3) is 0 Å². The van der Waals surface area contributed by atoms with Gasteiger partial charge in [0.1, 0.15) is 5.60 Å². The minimum Gasteiger partial charge on any atom is -0.472 e. The van der Waals surface area contributed by atoms with Gasteiger partial charge in [-0.15, -0.1) is 0 Å². The minimum absolute atomic E-state index is 0.205. The maximum absolute atomic E-state index is 6.13. The molecule has 0 bridgehead atoms. The Morgan fingerprint density at radius 2 is 2.11 bits per heavy atom. The van der Waals surface area contributed by atoms with Crippen molar-refractivity contribution in [2.45, 2.75) is 59.2 Å². The molecule has 18 heavy (non-hydrogen) atoms. The Balaban J connectivity index is 2.80. The summed E-state index contributed by atoms with van der Waals surface area (Å²) in [5.74, 6) is 0.631. The fourth-order valence-electron chi connectivity index (χ4n) is 1.32. The largest absolute Gasteiger partial charge is 0.472 e. The average molecular weight is 271 g/mol. The van der Waals surface area contributed by atoms with Crippen molar-refractivity contribution in [3.63, 3.8) is 0 Å². The number of aromatic nitrogens is 1. The summed E-state index contributed by atoms with van der Waals surface area (Å²) in [7, 11) is 0. The number of ether oxygens (including phenoxy) is 1. The zero-order valence-corrected chi connectivity index (χ0v) is 12.6. The highest BCUT2D eigenvalue weighted by molar-refractivity contribution is 6.31. The SMILES string of the molecule is CCC(C)(C)Oc1cc(CNC(C)C)c(Cl)cn1. The van der Waals surface area contributed by atoms with Crippen LogP contribution >= 0.6 is 11.6 Å². The Morgan fingerprint density at radius 1 is 1.44 bits per heavy atom. The molecule has 0 saturated carbocycles. The third-order valence-corrected chi connectivity index (χ3v) is 3.18. The first-order valence-corrected chi connectivity index (χ1v) is 6.78. The third-order valence-electron chi connectivity index (χ3n) is 2.84. The monoisotopic (exact) mass is 270 g/mol. The van der Waals surface area contributed by atoms with E-state index >= 15 is 0 Å². The fourth-order valence-corrected chi connectivity index (χ4v) is 1.49. The first kappa shape index (κ1) is 15.3. The van der Waals surface area contributed by atoms with E-state index in [-0.39, 0.29) is 5.60 Å². The van der Waals surface area contributed by atoms with Gasteiger partial charge in [-0.2, -0.15) is 0 Å². The lowest BCUT2D eigenvalue weighted by Crippen LogP contribution is -2.27. The van der Waals surface area contributed by atoms with Crippen LogP contribution < -0.4 is 10.1 Å². The molecule has 0 fully saturated rings. The van der Waals surface area contributed by atoms with Crippen LogP contribution in [0.1, 0.15) is 46.6 Å². The molecule has 0 aliphatic heterocycles. The Kier molecular flexibility index (Phi) is 5.42. The number of pyridine rings is 1. The highest BCUT2D eigenvalue weighted by atomic mass is 35.5. The topological polar surface area (TPSA) is 34.1 Å². The second-order valence-corrected chi connectivity index (χ2v) is 5.77. The quantitative estimate of drug-likeness (QED) is 0.854. The highest BCUT2D eigenvalue weighted by Crippen LogP contribution is 2.23. The van der Waals surface area contributed by atoms with E-state index in [1.165, 1.54) is 0 Å². The van der Waals surface area contributed by atoms with Crippen molar-refractivity contribution in [2.24, 2.45) is 0 Å². The van der Waals surface area contributed by atoms with Gasteiger partial charge in [-0.1, -0.05) is 32.4 Å². The molecule has 0 radical (unpaired) electrons. The predicted molar refractivity (Wildman–Crippen MR) is 76.2 cm³/mol. The Labute approximate surface area is 115 Å². The van der Waals surface area contributed by atoms with E-state index in [0.717, 1.165) is 18.5 Å². The molecule has 1 N–H and O–H groups in total. The van der Waals surface area contributed by atoms with Gasteiger partial charge >= 0.3 is 0 Å². The van der Waals surface area contributed by atoms with E-state index in [1.54, 1.807) is 6.20 Å². The molecule has 1 heterocycles. The third kappa shape index (κ3) is 4.83. The van der Waals surface area contributed by atoms with Crippen LogP contribution in [-0.4, -0.2) is 16.6 Å². The highest BCUT2D eigenvalue weighted by Gasteiger charge is 2.18. The number of halogens is 1. The number of nitrogens with one attached hydrogen (secondary N) is 1. The van der Waals surface area contributed by atoms with Crippen molar-refractivity contribution >= 4 is 11.6 Å². The molecule has 0 aliphatic carbocycles. The minimum atomic E-state index is -0.205. The normalized spacial score (nSPS) is 11.9. The lowest BCUT2D eigenvalue weighted by Gasteiger charge is -2.24. The van der Waals surface area contributed by atoms with Gasteiger partial charge in [-0.25, -0.2) is 4.98 Å². The van der Waals surface area contributed by atoms with Gasteiger partial charge in [-0.3, -0.25) is 0 Å². The lowest BCUT2D eigenvalue weighted by atomic mass is 10.1. The van der Waals surface area contributed by atoms with Crippen LogP contribution in [0.15, 0.2) is 12.3 Å². The van der Waals surface area contributed by atoms with Crippen LogP contribution in [0, 0.1) is 0 Å². The molecule has 0 aliphatic rings. The molecular weight excluding hydrogens is 248 g/mol. The molecular formula is C14H23ClN2O. The lowest BCUT2D eigenvalue weighted by molar-refractivity contribution is 0.0989. The van der Waals surface area contributed by atoms with Crippen molar-refractivity contribution in [1.29, 1.82) is 0 Å². The van der Waals surface area contributed by atoms with Gasteiger partial charge in [-0.05, 0) is 25.8 Å². The molecule has 0 atom stereocenters. The molecule has 0 saturated heterocycles. The summed E-state index contributed by atoms with van der Waals surface area (Å²) in [6.45, 7) is 11.1. The molecule has 1 aromatic rings. The van der Waals surface area contributed by atoms with E-state index in [1.807, 2.05) is 6.07 Å². The maximum atomic E-state index is 6.13. The Hall–Kier alpha value is -0.800. The van der Waals surface area contributed by atoms with Crippen LogP contribution in [0.4, 0.5) is 0 Å². The smallest absolute Gasteiger partial charge is 0.214 e. The first-order chi connectivity index (χ1) is 8.34. The van der Waals surface area contributed by atoms with E-state index in [0.29, 0.717) is 16.9 Å². The molecule has 4 heteroatoms. The number of nitrogens with zero attached hydrogens (tertiary/aromatic N) is 1. The van der Waals surface area contributed by atoms with E-state index in [2.05, 4.69) is 44.9 Å². The van der Waals surface area contributed by atoms with Crippen LogP contribution in [-0.2, 0) is 6.54 Å². The summed E-state index contributed by atoms with van der Waals surface area (Å²) in [6.07, 6.45) is 2.58.